The van der Waals surface area contributed by atoms with Gasteiger partial charge in [0.2, 0.25) is 0 Å². The third-order valence-electron chi connectivity index (χ3n) is 3.51. The molecule has 0 spiro atoms. The summed E-state index contributed by atoms with van der Waals surface area (Å²) < 4.78 is 11.1. The molecule has 0 aromatic heterocycles. The molecule has 1 rings (SSSR count). The van der Waals surface area contributed by atoms with E-state index in [1.165, 1.54) is 19.3 Å². The topological polar surface area (TPSA) is 44.5 Å². The molecule has 0 amide bonds. The summed E-state index contributed by atoms with van der Waals surface area (Å²) >= 11 is 0. The molecule has 2 N–H and O–H groups in total. The Hall–Kier alpha value is -0.120. The maximum absolute atomic E-state index is 6.13. The number of hydrogen-bond acceptors (Lipinski definition) is 3. The summed E-state index contributed by atoms with van der Waals surface area (Å²) in [5.74, 6) is 0. The number of methoxy groups -OCH3 is 1. The van der Waals surface area contributed by atoms with Gasteiger partial charge in [0.15, 0.2) is 0 Å². The highest BCUT2D eigenvalue weighted by atomic mass is 16.5. The summed E-state index contributed by atoms with van der Waals surface area (Å²) in [5, 5.41) is 0. The molecule has 3 heteroatoms. The van der Waals surface area contributed by atoms with E-state index in [4.69, 9.17) is 15.2 Å². The van der Waals surface area contributed by atoms with Gasteiger partial charge >= 0.3 is 0 Å². The molecule has 0 aliphatic carbocycles. The molecule has 1 aliphatic heterocycles. The molecule has 1 fully saturated rings. The van der Waals surface area contributed by atoms with Crippen molar-refractivity contribution >= 4 is 0 Å². The predicted molar refractivity (Wildman–Crippen MR) is 66.5 cm³/mol. The Labute approximate surface area is 99.7 Å². The van der Waals surface area contributed by atoms with E-state index in [2.05, 4.69) is 13.8 Å². The first kappa shape index (κ1) is 13.9. The van der Waals surface area contributed by atoms with Crippen LogP contribution in [-0.2, 0) is 9.47 Å². The van der Waals surface area contributed by atoms with Crippen molar-refractivity contribution in [2.75, 3.05) is 13.7 Å². The predicted octanol–water partition coefficient (Wildman–Crippen LogP) is 2.48. The fraction of sp³-hybridized carbons (Fsp3) is 1.00. The van der Waals surface area contributed by atoms with Gasteiger partial charge in [-0.25, -0.2) is 0 Å². The largest absolute Gasteiger partial charge is 0.379 e. The zero-order valence-corrected chi connectivity index (χ0v) is 11.0. The lowest BCUT2D eigenvalue weighted by Gasteiger charge is -2.28. The fourth-order valence-corrected chi connectivity index (χ4v) is 2.08. The standard InChI is InChI=1S/C13H27NO2/c1-13(2,15-3)8-7-11(14)10-12-6-4-5-9-16-12/h11-12H,4-10,14H2,1-3H3. The van der Waals surface area contributed by atoms with Gasteiger partial charge in [0.1, 0.15) is 0 Å². The van der Waals surface area contributed by atoms with Crippen LogP contribution in [0.2, 0.25) is 0 Å². The maximum atomic E-state index is 6.13. The van der Waals surface area contributed by atoms with Crippen LogP contribution in [0.4, 0.5) is 0 Å². The average Bonchev–Trinajstić information content (AvgIpc) is 2.28. The van der Waals surface area contributed by atoms with E-state index in [1.54, 1.807) is 7.11 Å². The number of ether oxygens (including phenoxy) is 2. The van der Waals surface area contributed by atoms with E-state index in [0.29, 0.717) is 6.10 Å². The molecule has 0 saturated carbocycles. The lowest BCUT2D eigenvalue weighted by atomic mass is 9.94. The Morgan fingerprint density at radius 3 is 2.75 bits per heavy atom. The molecule has 1 saturated heterocycles. The van der Waals surface area contributed by atoms with Crippen LogP contribution >= 0.6 is 0 Å². The highest BCUT2D eigenvalue weighted by Gasteiger charge is 2.21. The Balaban J connectivity index is 2.17. The fourth-order valence-electron chi connectivity index (χ4n) is 2.08. The van der Waals surface area contributed by atoms with Crippen LogP contribution in [0.1, 0.15) is 52.4 Å². The van der Waals surface area contributed by atoms with Crippen LogP contribution < -0.4 is 5.73 Å². The Morgan fingerprint density at radius 2 is 2.19 bits per heavy atom. The number of nitrogens with two attached hydrogens (primary N) is 1. The second kappa shape index (κ2) is 6.58. The van der Waals surface area contributed by atoms with Gasteiger partial charge in [-0.05, 0) is 52.4 Å². The molecule has 1 heterocycles. The van der Waals surface area contributed by atoms with Crippen molar-refractivity contribution < 1.29 is 9.47 Å². The smallest absolute Gasteiger partial charge is 0.0623 e. The quantitative estimate of drug-likeness (QED) is 0.761. The minimum Gasteiger partial charge on any atom is -0.379 e. The first-order valence-corrected chi connectivity index (χ1v) is 6.46. The minimum atomic E-state index is -0.0506. The SMILES string of the molecule is COC(C)(C)CCC(N)CC1CCCCO1. The van der Waals surface area contributed by atoms with Crippen molar-refractivity contribution in [2.45, 2.75) is 70.1 Å². The number of hydrogen-bond donors (Lipinski definition) is 1. The van der Waals surface area contributed by atoms with Gasteiger partial charge < -0.3 is 15.2 Å². The van der Waals surface area contributed by atoms with Crippen molar-refractivity contribution in [3.63, 3.8) is 0 Å². The van der Waals surface area contributed by atoms with Gasteiger partial charge in [-0.3, -0.25) is 0 Å². The van der Waals surface area contributed by atoms with Gasteiger partial charge in [-0.15, -0.1) is 0 Å². The lowest BCUT2D eigenvalue weighted by Crippen LogP contribution is -2.32. The molecule has 0 radical (unpaired) electrons. The molecule has 0 aromatic carbocycles. The summed E-state index contributed by atoms with van der Waals surface area (Å²) in [6.07, 6.45) is 7.11. The zero-order valence-electron chi connectivity index (χ0n) is 11.0. The molecule has 2 unspecified atom stereocenters. The molecule has 3 nitrogen and oxygen atoms in total. The van der Waals surface area contributed by atoms with Crippen molar-refractivity contribution in [1.29, 1.82) is 0 Å². The Morgan fingerprint density at radius 1 is 1.44 bits per heavy atom. The van der Waals surface area contributed by atoms with Crippen molar-refractivity contribution in [3.8, 4) is 0 Å². The summed E-state index contributed by atoms with van der Waals surface area (Å²) in [6, 6.07) is 0.248. The van der Waals surface area contributed by atoms with E-state index in [0.717, 1.165) is 25.9 Å². The molecule has 0 aromatic rings. The van der Waals surface area contributed by atoms with Gasteiger partial charge in [0.25, 0.3) is 0 Å². The van der Waals surface area contributed by atoms with E-state index in [1.807, 2.05) is 0 Å². The molecule has 0 bridgehead atoms. The summed E-state index contributed by atoms with van der Waals surface area (Å²) in [5.41, 5.74) is 6.08. The summed E-state index contributed by atoms with van der Waals surface area (Å²) in [7, 11) is 1.76. The second-order valence-corrected chi connectivity index (χ2v) is 5.49. The summed E-state index contributed by atoms with van der Waals surface area (Å²) in [4.78, 5) is 0. The van der Waals surface area contributed by atoms with E-state index in [-0.39, 0.29) is 11.6 Å². The van der Waals surface area contributed by atoms with Crippen molar-refractivity contribution in [3.05, 3.63) is 0 Å². The molecule has 1 aliphatic rings. The van der Waals surface area contributed by atoms with Crippen LogP contribution in [0.5, 0.6) is 0 Å². The van der Waals surface area contributed by atoms with Gasteiger partial charge in [0.05, 0.1) is 11.7 Å². The third kappa shape index (κ3) is 5.28. The number of rotatable bonds is 6. The molecule has 96 valence electrons. The highest BCUT2D eigenvalue weighted by Crippen LogP contribution is 2.21. The van der Waals surface area contributed by atoms with E-state index < -0.39 is 0 Å². The van der Waals surface area contributed by atoms with Crippen LogP contribution in [0.25, 0.3) is 0 Å². The van der Waals surface area contributed by atoms with E-state index in [9.17, 15) is 0 Å². The van der Waals surface area contributed by atoms with E-state index >= 15 is 0 Å². The second-order valence-electron chi connectivity index (χ2n) is 5.49. The normalized spacial score (nSPS) is 24.4. The summed E-state index contributed by atoms with van der Waals surface area (Å²) in [6.45, 7) is 5.13. The van der Waals surface area contributed by atoms with Crippen molar-refractivity contribution in [2.24, 2.45) is 5.73 Å². The molecular formula is C13H27NO2. The molecule has 16 heavy (non-hydrogen) atoms. The molecular weight excluding hydrogens is 202 g/mol. The first-order valence-electron chi connectivity index (χ1n) is 6.46. The van der Waals surface area contributed by atoms with Gasteiger partial charge in [-0.1, -0.05) is 0 Å². The first-order chi connectivity index (χ1) is 7.53. The molecule has 2 atom stereocenters. The van der Waals surface area contributed by atoms with Gasteiger partial charge in [0, 0.05) is 19.8 Å². The zero-order chi connectivity index (χ0) is 12.0. The Bertz CT molecular complexity index is 188. The van der Waals surface area contributed by atoms with Crippen LogP contribution in [0.3, 0.4) is 0 Å². The monoisotopic (exact) mass is 229 g/mol. The van der Waals surface area contributed by atoms with Crippen LogP contribution in [0.15, 0.2) is 0 Å². The van der Waals surface area contributed by atoms with Gasteiger partial charge in [-0.2, -0.15) is 0 Å². The van der Waals surface area contributed by atoms with Crippen LogP contribution in [-0.4, -0.2) is 31.5 Å². The lowest BCUT2D eigenvalue weighted by molar-refractivity contribution is -0.00218. The van der Waals surface area contributed by atoms with Crippen LogP contribution in [0, 0.1) is 0 Å². The maximum Gasteiger partial charge on any atom is 0.0623 e. The van der Waals surface area contributed by atoms with Crippen molar-refractivity contribution in [1.82, 2.24) is 0 Å². The Kier molecular flexibility index (Phi) is 5.73. The highest BCUT2D eigenvalue weighted by molar-refractivity contribution is 4.76. The third-order valence-corrected chi connectivity index (χ3v) is 3.51. The average molecular weight is 229 g/mol. The minimum absolute atomic E-state index is 0.0506.